The molecule has 0 spiro atoms. The molecule has 1 aliphatic carbocycles. The van der Waals surface area contributed by atoms with E-state index in [1.165, 1.54) is 0 Å². The van der Waals surface area contributed by atoms with Gasteiger partial charge >= 0.3 is 0 Å². The van der Waals surface area contributed by atoms with Gasteiger partial charge in [-0.05, 0) is 18.9 Å². The number of hydrogen-bond acceptors (Lipinski definition) is 4. The van der Waals surface area contributed by atoms with Crippen LogP contribution in [0.2, 0.25) is 0 Å². The van der Waals surface area contributed by atoms with Crippen molar-refractivity contribution in [1.29, 1.82) is 0 Å². The predicted octanol–water partition coefficient (Wildman–Crippen LogP) is 1.22. The van der Waals surface area contributed by atoms with Crippen molar-refractivity contribution < 1.29 is 9.53 Å². The second-order valence-electron chi connectivity index (χ2n) is 3.44. The lowest BCUT2D eigenvalue weighted by Gasteiger charge is -2.00. The molecule has 0 N–H and O–H groups in total. The first-order valence-corrected chi connectivity index (χ1v) is 4.66. The average molecular weight is 192 g/mol. The molecule has 0 amide bonds. The number of aromatic nitrogens is 2. The predicted molar refractivity (Wildman–Crippen MR) is 49.8 cm³/mol. The summed E-state index contributed by atoms with van der Waals surface area (Å²) >= 11 is 0. The summed E-state index contributed by atoms with van der Waals surface area (Å²) in [5.41, 5.74) is 0.756. The van der Waals surface area contributed by atoms with Crippen molar-refractivity contribution >= 4 is 5.78 Å². The third kappa shape index (κ3) is 1.96. The Labute approximate surface area is 82.3 Å². The minimum absolute atomic E-state index is 0.0722. The number of carbonyl (C=O) groups excluding carboxylic acids is 1. The van der Waals surface area contributed by atoms with E-state index in [4.69, 9.17) is 4.74 Å². The number of Topliss-reactive ketones (excluding diaryl/α,β-unsaturated/α-hetero) is 1. The van der Waals surface area contributed by atoms with Crippen LogP contribution < -0.4 is 0 Å². The molecule has 0 atom stereocenters. The number of carbonyl (C=O) groups is 1. The standard InChI is InChI=1S/C10H12N2O2/c1-14-6-8-4-5-11-10(12-8)9(13)7-2-3-7/h4-5,7H,2-3,6H2,1H3. The van der Waals surface area contributed by atoms with Crippen LogP contribution in [-0.4, -0.2) is 22.9 Å². The van der Waals surface area contributed by atoms with E-state index < -0.39 is 0 Å². The quantitative estimate of drug-likeness (QED) is 0.673. The van der Waals surface area contributed by atoms with Gasteiger partial charge in [-0.15, -0.1) is 0 Å². The second kappa shape index (κ2) is 3.84. The van der Waals surface area contributed by atoms with Gasteiger partial charge in [-0.3, -0.25) is 4.79 Å². The molecule has 0 radical (unpaired) electrons. The van der Waals surface area contributed by atoms with Crippen molar-refractivity contribution in [1.82, 2.24) is 9.97 Å². The topological polar surface area (TPSA) is 52.1 Å². The molecule has 1 aromatic heterocycles. The summed E-state index contributed by atoms with van der Waals surface area (Å²) in [4.78, 5) is 19.7. The molecule has 1 saturated carbocycles. The van der Waals surface area contributed by atoms with Crippen molar-refractivity contribution in [3.63, 3.8) is 0 Å². The second-order valence-corrected chi connectivity index (χ2v) is 3.44. The maximum atomic E-state index is 11.6. The van der Waals surface area contributed by atoms with Crippen molar-refractivity contribution in [3.8, 4) is 0 Å². The van der Waals surface area contributed by atoms with Gasteiger partial charge in [-0.2, -0.15) is 0 Å². The van der Waals surface area contributed by atoms with Gasteiger partial charge in [0, 0.05) is 19.2 Å². The fourth-order valence-electron chi connectivity index (χ4n) is 1.27. The Morgan fingerprint density at radius 1 is 1.64 bits per heavy atom. The van der Waals surface area contributed by atoms with Crippen LogP contribution in [0.5, 0.6) is 0 Å². The molecule has 0 bridgehead atoms. The summed E-state index contributed by atoms with van der Waals surface area (Å²) < 4.78 is 4.94. The van der Waals surface area contributed by atoms with Gasteiger partial charge in [0.15, 0.2) is 5.82 Å². The Morgan fingerprint density at radius 2 is 2.43 bits per heavy atom. The third-order valence-corrected chi connectivity index (χ3v) is 2.17. The van der Waals surface area contributed by atoms with E-state index in [1.807, 2.05) is 0 Å². The Hall–Kier alpha value is -1.29. The fraction of sp³-hybridized carbons (Fsp3) is 0.500. The number of methoxy groups -OCH3 is 1. The highest BCUT2D eigenvalue weighted by molar-refractivity contribution is 5.95. The summed E-state index contributed by atoms with van der Waals surface area (Å²) in [5, 5.41) is 0. The van der Waals surface area contributed by atoms with E-state index >= 15 is 0 Å². The summed E-state index contributed by atoms with van der Waals surface area (Å²) in [6.45, 7) is 0.424. The number of rotatable bonds is 4. The van der Waals surface area contributed by atoms with Crippen molar-refractivity contribution in [2.75, 3.05) is 7.11 Å². The number of ketones is 1. The average Bonchev–Trinajstić information content (AvgIpc) is 3.01. The SMILES string of the molecule is COCc1ccnc(C(=O)C2CC2)n1. The van der Waals surface area contributed by atoms with Crippen LogP contribution in [0.3, 0.4) is 0 Å². The first-order valence-electron chi connectivity index (χ1n) is 4.66. The molecule has 1 aliphatic rings. The summed E-state index contributed by atoms with van der Waals surface area (Å²) in [6, 6.07) is 1.76. The number of hydrogen-bond donors (Lipinski definition) is 0. The molecule has 1 heterocycles. The molecule has 0 aliphatic heterocycles. The van der Waals surface area contributed by atoms with E-state index in [1.54, 1.807) is 19.4 Å². The highest BCUT2D eigenvalue weighted by atomic mass is 16.5. The first kappa shape index (κ1) is 9.27. The molecule has 4 nitrogen and oxygen atoms in total. The van der Waals surface area contributed by atoms with Crippen LogP contribution in [0.25, 0.3) is 0 Å². The monoisotopic (exact) mass is 192 g/mol. The Morgan fingerprint density at radius 3 is 3.07 bits per heavy atom. The molecule has 0 aromatic carbocycles. The van der Waals surface area contributed by atoms with Crippen molar-refractivity contribution in [2.45, 2.75) is 19.4 Å². The summed E-state index contributed by atoms with van der Waals surface area (Å²) in [5.74, 6) is 0.581. The molecule has 14 heavy (non-hydrogen) atoms. The van der Waals surface area contributed by atoms with Gasteiger partial charge in [0.1, 0.15) is 0 Å². The van der Waals surface area contributed by atoms with Gasteiger partial charge in [0.05, 0.1) is 12.3 Å². The van der Waals surface area contributed by atoms with E-state index in [9.17, 15) is 4.79 Å². The van der Waals surface area contributed by atoms with Crippen LogP contribution in [0.15, 0.2) is 12.3 Å². The molecular weight excluding hydrogens is 180 g/mol. The van der Waals surface area contributed by atoms with Gasteiger partial charge in [-0.25, -0.2) is 9.97 Å². The normalized spacial score (nSPS) is 15.5. The molecule has 74 valence electrons. The lowest BCUT2D eigenvalue weighted by molar-refractivity contribution is 0.0956. The molecule has 0 unspecified atom stereocenters. The maximum Gasteiger partial charge on any atom is 0.203 e. The van der Waals surface area contributed by atoms with E-state index in [2.05, 4.69) is 9.97 Å². The van der Waals surface area contributed by atoms with Gasteiger partial charge < -0.3 is 4.74 Å². The zero-order valence-corrected chi connectivity index (χ0v) is 8.06. The largest absolute Gasteiger partial charge is 0.378 e. The lowest BCUT2D eigenvalue weighted by atomic mass is 10.2. The molecular formula is C10H12N2O2. The molecule has 4 heteroatoms. The number of nitrogens with zero attached hydrogens (tertiary/aromatic N) is 2. The van der Waals surface area contributed by atoms with E-state index in [0.717, 1.165) is 18.5 Å². The van der Waals surface area contributed by atoms with Crippen LogP contribution in [0, 0.1) is 5.92 Å². The smallest absolute Gasteiger partial charge is 0.203 e. The third-order valence-electron chi connectivity index (χ3n) is 2.17. The molecule has 1 fully saturated rings. The van der Waals surface area contributed by atoms with Crippen LogP contribution >= 0.6 is 0 Å². The zero-order valence-electron chi connectivity index (χ0n) is 8.06. The molecule has 0 saturated heterocycles. The Bertz CT molecular complexity index is 348. The maximum absolute atomic E-state index is 11.6. The van der Waals surface area contributed by atoms with Gasteiger partial charge in [0.25, 0.3) is 0 Å². The molecule has 1 aromatic rings. The number of ether oxygens (including phenoxy) is 1. The van der Waals surface area contributed by atoms with Crippen LogP contribution in [0.4, 0.5) is 0 Å². The van der Waals surface area contributed by atoms with Gasteiger partial charge in [-0.1, -0.05) is 0 Å². The van der Waals surface area contributed by atoms with Crippen LogP contribution in [-0.2, 0) is 11.3 Å². The minimum atomic E-state index is 0.0722. The minimum Gasteiger partial charge on any atom is -0.378 e. The van der Waals surface area contributed by atoms with E-state index in [0.29, 0.717) is 12.4 Å². The zero-order chi connectivity index (χ0) is 9.97. The Balaban J connectivity index is 2.16. The molecule has 2 rings (SSSR count). The van der Waals surface area contributed by atoms with Crippen LogP contribution in [0.1, 0.15) is 29.2 Å². The fourth-order valence-corrected chi connectivity index (χ4v) is 1.27. The highest BCUT2D eigenvalue weighted by Crippen LogP contribution is 2.31. The highest BCUT2D eigenvalue weighted by Gasteiger charge is 2.32. The van der Waals surface area contributed by atoms with E-state index in [-0.39, 0.29) is 11.7 Å². The summed E-state index contributed by atoms with van der Waals surface area (Å²) in [7, 11) is 1.60. The first-order chi connectivity index (χ1) is 6.81. The lowest BCUT2D eigenvalue weighted by Crippen LogP contribution is -2.09. The van der Waals surface area contributed by atoms with Gasteiger partial charge in [0.2, 0.25) is 5.78 Å². The summed E-state index contributed by atoms with van der Waals surface area (Å²) in [6.07, 6.45) is 3.57. The Kier molecular flexibility index (Phi) is 2.54. The van der Waals surface area contributed by atoms with Crippen molar-refractivity contribution in [3.05, 3.63) is 23.8 Å². The van der Waals surface area contributed by atoms with Crippen molar-refractivity contribution in [2.24, 2.45) is 5.92 Å².